The molecular weight excluding hydrogens is 420 g/mol. The van der Waals surface area contributed by atoms with Gasteiger partial charge in [0.1, 0.15) is 0 Å². The highest BCUT2D eigenvalue weighted by molar-refractivity contribution is 7.89. The maximum Gasteiger partial charge on any atom is 0.251 e. The second-order valence-corrected chi connectivity index (χ2v) is 9.50. The molecule has 0 fully saturated rings. The van der Waals surface area contributed by atoms with E-state index in [1.54, 1.807) is 61.6 Å². The van der Waals surface area contributed by atoms with E-state index < -0.39 is 10.0 Å². The molecule has 1 N–H and O–H groups in total. The monoisotopic (exact) mass is 442 g/mol. The third-order valence-electron chi connectivity index (χ3n) is 4.75. The van der Waals surface area contributed by atoms with Crippen molar-refractivity contribution in [3.63, 3.8) is 0 Å². The van der Waals surface area contributed by atoms with E-state index in [1.807, 2.05) is 25.1 Å². The van der Waals surface area contributed by atoms with E-state index in [1.165, 1.54) is 4.31 Å². The van der Waals surface area contributed by atoms with Crippen LogP contribution < -0.4 is 5.32 Å². The predicted octanol–water partition coefficient (Wildman–Crippen LogP) is 4.40. The van der Waals surface area contributed by atoms with Gasteiger partial charge in [0.05, 0.1) is 4.90 Å². The molecule has 0 aliphatic rings. The first-order valence-electron chi connectivity index (χ1n) is 9.41. The van der Waals surface area contributed by atoms with Crippen LogP contribution in [0.3, 0.4) is 0 Å². The first kappa shape index (κ1) is 22.0. The summed E-state index contributed by atoms with van der Waals surface area (Å²) in [6.07, 6.45) is 0. The van der Waals surface area contributed by atoms with E-state index in [-0.39, 0.29) is 17.3 Å². The summed E-state index contributed by atoms with van der Waals surface area (Å²) >= 11 is 6.11. The Morgan fingerprint density at radius 1 is 0.967 bits per heavy atom. The van der Waals surface area contributed by atoms with Crippen LogP contribution in [-0.2, 0) is 23.1 Å². The highest BCUT2D eigenvalue weighted by Gasteiger charge is 2.20. The van der Waals surface area contributed by atoms with Gasteiger partial charge in [-0.1, -0.05) is 59.6 Å². The summed E-state index contributed by atoms with van der Waals surface area (Å²) in [5.41, 5.74) is 3.12. The third-order valence-corrected chi connectivity index (χ3v) is 6.93. The lowest BCUT2D eigenvalue weighted by molar-refractivity contribution is 0.0951. The highest BCUT2D eigenvalue weighted by atomic mass is 35.5. The van der Waals surface area contributed by atoms with Crippen LogP contribution in [0.1, 0.15) is 27.0 Å². The Bertz CT molecular complexity index is 1130. The minimum absolute atomic E-state index is 0.206. The summed E-state index contributed by atoms with van der Waals surface area (Å²) in [6.45, 7) is 2.45. The first-order valence-corrected chi connectivity index (χ1v) is 11.2. The molecule has 0 aliphatic carbocycles. The molecule has 3 aromatic carbocycles. The Hall–Kier alpha value is -2.67. The number of sulfonamides is 1. The highest BCUT2D eigenvalue weighted by Crippen LogP contribution is 2.18. The number of aryl methyl sites for hydroxylation is 1. The van der Waals surface area contributed by atoms with Crippen LogP contribution in [0.4, 0.5) is 0 Å². The number of carbonyl (C=O) groups is 1. The predicted molar refractivity (Wildman–Crippen MR) is 119 cm³/mol. The van der Waals surface area contributed by atoms with Gasteiger partial charge < -0.3 is 5.32 Å². The van der Waals surface area contributed by atoms with Crippen molar-refractivity contribution in [2.24, 2.45) is 0 Å². The average molecular weight is 443 g/mol. The fourth-order valence-corrected chi connectivity index (χ4v) is 4.27. The molecule has 0 atom stereocenters. The molecule has 0 radical (unpaired) electrons. The summed E-state index contributed by atoms with van der Waals surface area (Å²) in [4.78, 5) is 12.6. The van der Waals surface area contributed by atoms with Crippen LogP contribution in [0.25, 0.3) is 0 Å². The standard InChI is InChI=1S/C23H23ClN2O3S/c1-17-7-13-21(14-8-17)30(28,29)26(2)16-18-9-11-19(12-10-18)23(27)25-15-20-5-3-4-6-22(20)24/h3-14H,15-16H2,1-2H3,(H,25,27). The third kappa shape index (κ3) is 5.27. The van der Waals surface area contributed by atoms with Crippen molar-refractivity contribution in [3.05, 3.63) is 100 Å². The molecule has 5 nitrogen and oxygen atoms in total. The molecule has 156 valence electrons. The maximum atomic E-state index is 12.7. The minimum Gasteiger partial charge on any atom is -0.348 e. The van der Waals surface area contributed by atoms with Crippen LogP contribution in [-0.4, -0.2) is 25.7 Å². The lowest BCUT2D eigenvalue weighted by Crippen LogP contribution is -2.26. The van der Waals surface area contributed by atoms with Crippen LogP contribution in [0.5, 0.6) is 0 Å². The molecule has 0 aliphatic heterocycles. The zero-order valence-electron chi connectivity index (χ0n) is 16.8. The van der Waals surface area contributed by atoms with Crippen molar-refractivity contribution >= 4 is 27.5 Å². The molecule has 0 saturated heterocycles. The Morgan fingerprint density at radius 3 is 2.23 bits per heavy atom. The van der Waals surface area contributed by atoms with E-state index in [4.69, 9.17) is 11.6 Å². The molecule has 3 aromatic rings. The van der Waals surface area contributed by atoms with Crippen molar-refractivity contribution in [2.75, 3.05) is 7.05 Å². The quantitative estimate of drug-likeness (QED) is 0.589. The Morgan fingerprint density at radius 2 is 1.60 bits per heavy atom. The Labute approximate surface area is 182 Å². The lowest BCUT2D eigenvalue weighted by Gasteiger charge is -2.17. The number of benzene rings is 3. The molecule has 0 aromatic heterocycles. The van der Waals surface area contributed by atoms with Gasteiger partial charge in [0.15, 0.2) is 0 Å². The van der Waals surface area contributed by atoms with Crippen molar-refractivity contribution in [1.82, 2.24) is 9.62 Å². The van der Waals surface area contributed by atoms with Crippen molar-refractivity contribution in [1.29, 1.82) is 0 Å². The second kappa shape index (κ2) is 9.43. The zero-order valence-corrected chi connectivity index (χ0v) is 18.4. The maximum absolute atomic E-state index is 12.7. The fraction of sp³-hybridized carbons (Fsp3) is 0.174. The zero-order chi connectivity index (χ0) is 21.7. The molecule has 3 rings (SSSR count). The van der Waals surface area contributed by atoms with Gasteiger partial charge >= 0.3 is 0 Å². The molecule has 0 unspecified atom stereocenters. The van der Waals surface area contributed by atoms with Gasteiger partial charge in [0.2, 0.25) is 10.0 Å². The Kier molecular flexibility index (Phi) is 6.92. The van der Waals surface area contributed by atoms with Gasteiger partial charge in [-0.05, 0) is 48.4 Å². The average Bonchev–Trinajstić information content (AvgIpc) is 2.73. The molecule has 30 heavy (non-hydrogen) atoms. The molecule has 0 heterocycles. The number of nitrogens with one attached hydrogen (secondary N) is 1. The SMILES string of the molecule is Cc1ccc(S(=O)(=O)N(C)Cc2ccc(C(=O)NCc3ccccc3Cl)cc2)cc1. The number of rotatable bonds is 7. The van der Waals surface area contributed by atoms with Gasteiger partial charge in [-0.3, -0.25) is 4.79 Å². The van der Waals surface area contributed by atoms with Gasteiger partial charge in [-0.15, -0.1) is 0 Å². The van der Waals surface area contributed by atoms with Gasteiger partial charge in [-0.2, -0.15) is 4.31 Å². The van der Waals surface area contributed by atoms with Gasteiger partial charge in [0, 0.05) is 30.7 Å². The number of amides is 1. The summed E-state index contributed by atoms with van der Waals surface area (Å²) < 4.78 is 26.7. The summed E-state index contributed by atoms with van der Waals surface area (Å²) in [5.74, 6) is -0.220. The van der Waals surface area contributed by atoms with Gasteiger partial charge in [0.25, 0.3) is 5.91 Å². The van der Waals surface area contributed by atoms with Gasteiger partial charge in [-0.25, -0.2) is 8.42 Å². The van der Waals surface area contributed by atoms with E-state index >= 15 is 0 Å². The van der Waals surface area contributed by atoms with E-state index in [9.17, 15) is 13.2 Å². The van der Waals surface area contributed by atoms with Crippen molar-refractivity contribution in [3.8, 4) is 0 Å². The molecule has 7 heteroatoms. The Balaban J connectivity index is 1.63. The van der Waals surface area contributed by atoms with Crippen LogP contribution >= 0.6 is 11.6 Å². The van der Waals surface area contributed by atoms with E-state index in [2.05, 4.69) is 5.32 Å². The largest absolute Gasteiger partial charge is 0.348 e. The summed E-state index contributed by atoms with van der Waals surface area (Å²) in [7, 11) is -2.04. The summed E-state index contributed by atoms with van der Waals surface area (Å²) in [6, 6.07) is 21.0. The molecule has 1 amide bonds. The molecule has 0 bridgehead atoms. The lowest BCUT2D eigenvalue weighted by atomic mass is 10.1. The fourth-order valence-electron chi connectivity index (χ4n) is 2.91. The van der Waals surface area contributed by atoms with Crippen molar-refractivity contribution < 1.29 is 13.2 Å². The first-order chi connectivity index (χ1) is 14.3. The number of hydrogen-bond acceptors (Lipinski definition) is 3. The molecule has 0 spiro atoms. The number of carbonyl (C=O) groups excluding carboxylic acids is 1. The van der Waals surface area contributed by atoms with Crippen molar-refractivity contribution in [2.45, 2.75) is 24.9 Å². The minimum atomic E-state index is -3.58. The van der Waals surface area contributed by atoms with E-state index in [0.717, 1.165) is 16.7 Å². The topological polar surface area (TPSA) is 66.5 Å². The van der Waals surface area contributed by atoms with E-state index in [0.29, 0.717) is 17.1 Å². The van der Waals surface area contributed by atoms with Crippen LogP contribution in [0.2, 0.25) is 5.02 Å². The molecular formula is C23H23ClN2O3S. The normalized spacial score (nSPS) is 11.5. The smallest absolute Gasteiger partial charge is 0.251 e. The number of hydrogen-bond donors (Lipinski definition) is 1. The van der Waals surface area contributed by atoms with Crippen LogP contribution in [0, 0.1) is 6.92 Å². The second-order valence-electron chi connectivity index (χ2n) is 7.05. The number of nitrogens with zero attached hydrogens (tertiary/aromatic N) is 1. The van der Waals surface area contributed by atoms with Crippen LogP contribution in [0.15, 0.2) is 77.7 Å². The number of halogens is 1. The summed E-state index contributed by atoms with van der Waals surface area (Å²) in [5, 5.41) is 3.44. The molecule has 0 saturated carbocycles.